The molecule has 0 radical (unpaired) electrons. The highest BCUT2D eigenvalue weighted by molar-refractivity contribution is 7.15. The lowest BCUT2D eigenvalue weighted by Gasteiger charge is -2.05. The van der Waals surface area contributed by atoms with Gasteiger partial charge < -0.3 is 0 Å². The number of nitrogens with zero attached hydrogens (tertiary/aromatic N) is 2. The molecule has 0 aliphatic rings. The van der Waals surface area contributed by atoms with Crippen LogP contribution in [0.15, 0.2) is 24.3 Å². The van der Waals surface area contributed by atoms with Gasteiger partial charge in [-0.15, -0.1) is 11.3 Å². The van der Waals surface area contributed by atoms with Crippen LogP contribution < -0.4 is 0 Å². The van der Waals surface area contributed by atoms with Crippen molar-refractivity contribution in [2.75, 3.05) is 0 Å². The molecule has 96 valence electrons. The normalized spacial score (nSPS) is 11.2. The molecule has 2 aromatic heterocycles. The average Bonchev–Trinajstić information content (AvgIpc) is 2.80. The summed E-state index contributed by atoms with van der Waals surface area (Å²) in [4.78, 5) is 10.4. The third-order valence-electron chi connectivity index (χ3n) is 2.67. The molecule has 0 bridgehead atoms. The predicted octanol–water partition coefficient (Wildman–Crippen LogP) is 5.11. The first kappa shape index (κ1) is 12.8. The number of fused-ring (bicyclic) bond motifs is 1. The monoisotopic (exact) mass is 312 g/mol. The molecule has 0 saturated carbocycles. The van der Waals surface area contributed by atoms with Crippen molar-refractivity contribution in [1.82, 2.24) is 9.97 Å². The number of hydrogen-bond donors (Lipinski definition) is 0. The number of aryl methyl sites for hydroxylation is 1. The van der Waals surface area contributed by atoms with E-state index in [0.717, 1.165) is 9.75 Å². The van der Waals surface area contributed by atoms with Crippen LogP contribution in [0.1, 0.15) is 4.88 Å². The maximum atomic E-state index is 13.8. The van der Waals surface area contributed by atoms with Gasteiger partial charge in [0.15, 0.2) is 5.82 Å². The number of aromatic nitrogens is 2. The van der Waals surface area contributed by atoms with Gasteiger partial charge in [0.1, 0.15) is 16.5 Å². The van der Waals surface area contributed by atoms with Gasteiger partial charge in [0.2, 0.25) is 0 Å². The summed E-state index contributed by atoms with van der Waals surface area (Å²) in [6.07, 6.45) is 0. The fourth-order valence-electron chi connectivity index (χ4n) is 1.79. The van der Waals surface area contributed by atoms with Crippen molar-refractivity contribution >= 4 is 45.4 Å². The lowest BCUT2D eigenvalue weighted by atomic mass is 10.2. The highest BCUT2D eigenvalue weighted by Crippen LogP contribution is 2.33. The van der Waals surface area contributed by atoms with Crippen molar-refractivity contribution in [3.8, 4) is 10.7 Å². The molecule has 2 heterocycles. The zero-order valence-electron chi connectivity index (χ0n) is 9.75. The molecule has 0 saturated heterocycles. The van der Waals surface area contributed by atoms with Crippen molar-refractivity contribution in [2.45, 2.75) is 6.92 Å². The smallest absolute Gasteiger partial charge is 0.171 e. The Hall–Kier alpha value is -1.23. The van der Waals surface area contributed by atoms with E-state index in [1.165, 1.54) is 23.5 Å². The van der Waals surface area contributed by atoms with Crippen LogP contribution in [0.25, 0.3) is 21.6 Å². The van der Waals surface area contributed by atoms with Gasteiger partial charge in [0.05, 0.1) is 15.3 Å². The molecular weight excluding hydrogens is 306 g/mol. The van der Waals surface area contributed by atoms with E-state index < -0.39 is 5.82 Å². The van der Waals surface area contributed by atoms with Gasteiger partial charge >= 0.3 is 0 Å². The molecule has 3 rings (SSSR count). The number of thiophene rings is 1. The SMILES string of the molecule is Cc1ccc(-c2nc(Cl)c3c(Cl)ccc(F)c3n2)s1. The maximum Gasteiger partial charge on any atom is 0.171 e. The summed E-state index contributed by atoms with van der Waals surface area (Å²) in [7, 11) is 0. The highest BCUT2D eigenvalue weighted by atomic mass is 35.5. The summed E-state index contributed by atoms with van der Waals surface area (Å²) in [5.41, 5.74) is 0.147. The lowest BCUT2D eigenvalue weighted by molar-refractivity contribution is 0.636. The second-order valence-corrected chi connectivity index (χ2v) is 6.05. The summed E-state index contributed by atoms with van der Waals surface area (Å²) >= 11 is 13.6. The van der Waals surface area contributed by atoms with Gasteiger partial charge in [0.25, 0.3) is 0 Å². The third kappa shape index (κ3) is 2.20. The first-order valence-electron chi connectivity index (χ1n) is 5.44. The molecule has 6 heteroatoms. The number of halogens is 3. The molecule has 3 aromatic rings. The molecule has 0 atom stereocenters. The molecule has 0 N–H and O–H groups in total. The minimum absolute atomic E-state index is 0.147. The van der Waals surface area contributed by atoms with Crippen LogP contribution >= 0.6 is 34.5 Å². The summed E-state index contributed by atoms with van der Waals surface area (Å²) in [5.74, 6) is -0.0463. The molecule has 0 unspecified atom stereocenters. The number of benzene rings is 1. The molecule has 1 aromatic carbocycles. The third-order valence-corrected chi connectivity index (χ3v) is 4.25. The minimum Gasteiger partial charge on any atom is -0.224 e. The Morgan fingerprint density at radius 1 is 1.11 bits per heavy atom. The van der Waals surface area contributed by atoms with Crippen molar-refractivity contribution in [1.29, 1.82) is 0 Å². The van der Waals surface area contributed by atoms with Gasteiger partial charge in [0, 0.05) is 4.88 Å². The van der Waals surface area contributed by atoms with Crippen molar-refractivity contribution in [3.05, 3.63) is 45.1 Å². The number of hydrogen-bond acceptors (Lipinski definition) is 3. The molecule has 19 heavy (non-hydrogen) atoms. The maximum absolute atomic E-state index is 13.8. The number of rotatable bonds is 1. The standard InChI is InChI=1S/C13H7Cl2FN2S/c1-6-2-5-9(19-6)13-17-11-8(16)4-3-7(14)10(11)12(15)18-13/h2-5H,1H3. The second kappa shape index (κ2) is 4.71. The Balaban J connectivity index is 2.33. The first-order chi connectivity index (χ1) is 9.06. The average molecular weight is 313 g/mol. The highest BCUT2D eigenvalue weighted by Gasteiger charge is 2.14. The van der Waals surface area contributed by atoms with Crippen LogP contribution in [0.5, 0.6) is 0 Å². The Labute approximate surface area is 122 Å². The quantitative estimate of drug-likeness (QED) is 0.583. The van der Waals surface area contributed by atoms with Gasteiger partial charge in [-0.3, -0.25) is 0 Å². The Morgan fingerprint density at radius 3 is 2.58 bits per heavy atom. The molecule has 2 nitrogen and oxygen atoms in total. The molecular formula is C13H7Cl2FN2S. The van der Waals surface area contributed by atoms with E-state index in [4.69, 9.17) is 23.2 Å². The Morgan fingerprint density at radius 2 is 1.89 bits per heavy atom. The fourth-order valence-corrected chi connectivity index (χ4v) is 3.15. The first-order valence-corrected chi connectivity index (χ1v) is 7.01. The van der Waals surface area contributed by atoms with E-state index in [1.54, 1.807) is 0 Å². The van der Waals surface area contributed by atoms with Crippen LogP contribution in [-0.2, 0) is 0 Å². The lowest BCUT2D eigenvalue weighted by Crippen LogP contribution is -1.93. The summed E-state index contributed by atoms with van der Waals surface area (Å²) in [6, 6.07) is 6.57. The molecule has 0 fully saturated rings. The zero-order valence-corrected chi connectivity index (χ0v) is 12.1. The van der Waals surface area contributed by atoms with E-state index >= 15 is 0 Å². The van der Waals surface area contributed by atoms with Crippen LogP contribution in [0.3, 0.4) is 0 Å². The van der Waals surface area contributed by atoms with Crippen molar-refractivity contribution < 1.29 is 4.39 Å². The van der Waals surface area contributed by atoms with Gasteiger partial charge in [-0.25, -0.2) is 14.4 Å². The molecule has 0 amide bonds. The van der Waals surface area contributed by atoms with E-state index in [2.05, 4.69) is 9.97 Å². The van der Waals surface area contributed by atoms with Crippen molar-refractivity contribution in [3.63, 3.8) is 0 Å². The molecule has 0 aliphatic carbocycles. The van der Waals surface area contributed by atoms with E-state index in [-0.39, 0.29) is 10.7 Å². The minimum atomic E-state index is -0.460. The second-order valence-electron chi connectivity index (χ2n) is 4.00. The molecule has 0 aliphatic heterocycles. The largest absolute Gasteiger partial charge is 0.224 e. The summed E-state index contributed by atoms with van der Waals surface area (Å²) in [5, 5.41) is 0.853. The van der Waals surface area contributed by atoms with E-state index in [0.29, 0.717) is 16.2 Å². The van der Waals surface area contributed by atoms with Gasteiger partial charge in [-0.2, -0.15) is 0 Å². The fraction of sp³-hybridized carbons (Fsp3) is 0.0769. The summed E-state index contributed by atoms with van der Waals surface area (Å²) in [6.45, 7) is 1.98. The van der Waals surface area contributed by atoms with E-state index in [1.807, 2.05) is 19.1 Å². The predicted molar refractivity (Wildman–Crippen MR) is 77.6 cm³/mol. The van der Waals surface area contributed by atoms with Crippen LogP contribution in [0.4, 0.5) is 4.39 Å². The summed E-state index contributed by atoms with van der Waals surface area (Å²) < 4.78 is 13.8. The van der Waals surface area contributed by atoms with Gasteiger partial charge in [-0.1, -0.05) is 23.2 Å². The van der Waals surface area contributed by atoms with Gasteiger partial charge in [-0.05, 0) is 31.2 Å². The van der Waals surface area contributed by atoms with Crippen LogP contribution in [0.2, 0.25) is 10.2 Å². The molecule has 0 spiro atoms. The Kier molecular flexibility index (Phi) is 3.17. The van der Waals surface area contributed by atoms with Crippen molar-refractivity contribution in [2.24, 2.45) is 0 Å². The topological polar surface area (TPSA) is 25.8 Å². The van der Waals surface area contributed by atoms with E-state index in [9.17, 15) is 4.39 Å². The van der Waals surface area contributed by atoms with Crippen LogP contribution in [0, 0.1) is 12.7 Å². The Bertz CT molecular complexity index is 786. The zero-order chi connectivity index (χ0) is 13.6. The van der Waals surface area contributed by atoms with Crippen LogP contribution in [-0.4, -0.2) is 9.97 Å².